The van der Waals surface area contributed by atoms with Crippen LogP contribution in [-0.4, -0.2) is 0 Å². The highest BCUT2D eigenvalue weighted by atomic mass is 79.9. The summed E-state index contributed by atoms with van der Waals surface area (Å²) in [7, 11) is 0. The number of fused-ring (bicyclic) bond motifs is 1. The summed E-state index contributed by atoms with van der Waals surface area (Å²) in [6.45, 7) is 0.653. The summed E-state index contributed by atoms with van der Waals surface area (Å²) in [6.07, 6.45) is -0.0672. The fraction of sp³-hybridized carbons (Fsp3) is 0.143. The number of hydrogen-bond acceptors (Lipinski definition) is 2. The molecule has 1 N–H and O–H groups in total. The van der Waals surface area contributed by atoms with E-state index >= 15 is 0 Å². The smallest absolute Gasteiger partial charge is 0.154 e. The third-order valence-electron chi connectivity index (χ3n) is 2.86. The minimum atomic E-state index is -0.0672. The summed E-state index contributed by atoms with van der Waals surface area (Å²) in [4.78, 5) is 0. The average Bonchev–Trinajstić information content (AvgIpc) is 2.38. The number of rotatable bonds is 1. The summed E-state index contributed by atoms with van der Waals surface area (Å²) in [5.41, 5.74) is 3.50. The molecule has 0 aromatic heterocycles. The highest BCUT2D eigenvalue weighted by Gasteiger charge is 2.18. The molecule has 0 saturated carbocycles. The van der Waals surface area contributed by atoms with Crippen molar-refractivity contribution in [3.8, 4) is 0 Å². The van der Waals surface area contributed by atoms with E-state index in [2.05, 4.69) is 45.5 Å². The monoisotopic (exact) mass is 289 g/mol. The zero-order valence-corrected chi connectivity index (χ0v) is 10.8. The molecule has 0 spiro atoms. The van der Waals surface area contributed by atoms with Gasteiger partial charge < -0.3 is 10.1 Å². The number of para-hydroxylation sites is 1. The Morgan fingerprint density at radius 3 is 2.88 bits per heavy atom. The Hall–Kier alpha value is -1.32. The summed E-state index contributed by atoms with van der Waals surface area (Å²) in [5.74, 6) is 0. The van der Waals surface area contributed by atoms with E-state index in [9.17, 15) is 0 Å². The molecule has 86 valence electrons. The molecule has 3 heteroatoms. The summed E-state index contributed by atoms with van der Waals surface area (Å²) in [5, 5.41) is 3.40. The molecule has 1 atom stereocenters. The van der Waals surface area contributed by atoms with Crippen LogP contribution in [0.1, 0.15) is 17.4 Å². The van der Waals surface area contributed by atoms with Gasteiger partial charge in [-0.3, -0.25) is 0 Å². The molecule has 0 fully saturated rings. The van der Waals surface area contributed by atoms with Crippen molar-refractivity contribution in [3.05, 3.63) is 64.1 Å². The van der Waals surface area contributed by atoms with E-state index in [1.54, 1.807) is 0 Å². The molecule has 1 heterocycles. The van der Waals surface area contributed by atoms with Gasteiger partial charge in [-0.2, -0.15) is 0 Å². The summed E-state index contributed by atoms with van der Waals surface area (Å²) >= 11 is 3.48. The first-order valence-electron chi connectivity index (χ1n) is 5.54. The van der Waals surface area contributed by atoms with Crippen molar-refractivity contribution in [1.29, 1.82) is 0 Å². The number of anilines is 1. The Morgan fingerprint density at radius 2 is 2.00 bits per heavy atom. The molecule has 0 unspecified atom stereocenters. The minimum absolute atomic E-state index is 0.0672. The van der Waals surface area contributed by atoms with E-state index in [0.717, 1.165) is 15.7 Å². The lowest BCUT2D eigenvalue weighted by Gasteiger charge is -2.27. The molecule has 2 aromatic rings. The van der Waals surface area contributed by atoms with Crippen LogP contribution in [0.15, 0.2) is 53.0 Å². The predicted octanol–water partition coefficient (Wildman–Crippen LogP) is 4.09. The third kappa shape index (κ3) is 2.21. The van der Waals surface area contributed by atoms with Crippen LogP contribution in [0.4, 0.5) is 5.69 Å². The fourth-order valence-electron chi connectivity index (χ4n) is 1.99. The van der Waals surface area contributed by atoms with Gasteiger partial charge in [0.15, 0.2) is 6.23 Å². The summed E-state index contributed by atoms with van der Waals surface area (Å²) in [6, 6.07) is 16.4. The van der Waals surface area contributed by atoms with Gasteiger partial charge in [-0.05, 0) is 18.2 Å². The highest BCUT2D eigenvalue weighted by Crippen LogP contribution is 2.31. The molecule has 1 aliphatic heterocycles. The first-order chi connectivity index (χ1) is 8.33. The number of benzene rings is 2. The van der Waals surface area contributed by atoms with Gasteiger partial charge in [0, 0.05) is 21.3 Å². The van der Waals surface area contributed by atoms with Gasteiger partial charge in [0.2, 0.25) is 0 Å². The van der Waals surface area contributed by atoms with Crippen LogP contribution in [-0.2, 0) is 11.3 Å². The highest BCUT2D eigenvalue weighted by molar-refractivity contribution is 9.10. The summed E-state index contributed by atoms with van der Waals surface area (Å²) < 4.78 is 6.88. The average molecular weight is 290 g/mol. The van der Waals surface area contributed by atoms with Gasteiger partial charge in [0.1, 0.15) is 0 Å². The van der Waals surface area contributed by atoms with E-state index in [1.165, 1.54) is 5.56 Å². The van der Waals surface area contributed by atoms with Gasteiger partial charge in [0.25, 0.3) is 0 Å². The molecule has 0 amide bonds. The van der Waals surface area contributed by atoms with Crippen LogP contribution < -0.4 is 5.32 Å². The minimum Gasteiger partial charge on any atom is -0.356 e. The molecular formula is C14H12BrNO. The van der Waals surface area contributed by atoms with Crippen LogP contribution in [0.3, 0.4) is 0 Å². The van der Waals surface area contributed by atoms with Crippen molar-refractivity contribution >= 4 is 21.6 Å². The molecule has 2 aromatic carbocycles. The van der Waals surface area contributed by atoms with Gasteiger partial charge in [-0.15, -0.1) is 0 Å². The quantitative estimate of drug-likeness (QED) is 0.854. The third-order valence-corrected chi connectivity index (χ3v) is 3.35. The van der Waals surface area contributed by atoms with Crippen LogP contribution in [0, 0.1) is 0 Å². The normalized spacial score (nSPS) is 18.3. The second kappa shape index (κ2) is 4.51. The molecule has 0 radical (unpaired) electrons. The molecule has 17 heavy (non-hydrogen) atoms. The molecular weight excluding hydrogens is 278 g/mol. The van der Waals surface area contributed by atoms with Crippen molar-refractivity contribution in [2.45, 2.75) is 12.8 Å². The topological polar surface area (TPSA) is 21.3 Å². The SMILES string of the molecule is Brc1cccc([C@H]2Nc3ccccc3CO2)c1. The maximum absolute atomic E-state index is 5.81. The lowest BCUT2D eigenvalue weighted by Crippen LogP contribution is -2.20. The van der Waals surface area contributed by atoms with Crippen molar-refractivity contribution in [3.63, 3.8) is 0 Å². The molecule has 3 rings (SSSR count). The molecule has 0 aliphatic carbocycles. The van der Waals surface area contributed by atoms with E-state index in [0.29, 0.717) is 6.61 Å². The predicted molar refractivity (Wildman–Crippen MR) is 71.7 cm³/mol. The molecule has 2 nitrogen and oxygen atoms in total. The number of nitrogens with one attached hydrogen (secondary N) is 1. The Balaban J connectivity index is 1.89. The first kappa shape index (κ1) is 10.8. The van der Waals surface area contributed by atoms with E-state index < -0.39 is 0 Å². The lowest BCUT2D eigenvalue weighted by atomic mass is 10.1. The van der Waals surface area contributed by atoms with Gasteiger partial charge in [-0.25, -0.2) is 0 Å². The van der Waals surface area contributed by atoms with Crippen molar-refractivity contribution in [1.82, 2.24) is 0 Å². The number of halogens is 1. The largest absolute Gasteiger partial charge is 0.356 e. The van der Waals surface area contributed by atoms with E-state index in [-0.39, 0.29) is 6.23 Å². The van der Waals surface area contributed by atoms with Gasteiger partial charge >= 0.3 is 0 Å². The number of ether oxygens (including phenoxy) is 1. The van der Waals surface area contributed by atoms with E-state index in [4.69, 9.17) is 4.74 Å². The van der Waals surface area contributed by atoms with Gasteiger partial charge in [0.05, 0.1) is 6.61 Å². The van der Waals surface area contributed by atoms with Crippen LogP contribution >= 0.6 is 15.9 Å². The molecule has 1 aliphatic rings. The Morgan fingerprint density at radius 1 is 1.12 bits per heavy atom. The Bertz CT molecular complexity index is 541. The van der Waals surface area contributed by atoms with Gasteiger partial charge in [-0.1, -0.05) is 46.3 Å². The second-order valence-electron chi connectivity index (χ2n) is 4.05. The Labute approximate surface area is 109 Å². The van der Waals surface area contributed by atoms with Crippen LogP contribution in [0.5, 0.6) is 0 Å². The lowest BCUT2D eigenvalue weighted by molar-refractivity contribution is 0.0507. The zero-order valence-electron chi connectivity index (χ0n) is 9.19. The van der Waals surface area contributed by atoms with Crippen molar-refractivity contribution in [2.24, 2.45) is 0 Å². The maximum Gasteiger partial charge on any atom is 0.154 e. The van der Waals surface area contributed by atoms with Crippen LogP contribution in [0.2, 0.25) is 0 Å². The van der Waals surface area contributed by atoms with E-state index in [1.807, 2.05) is 24.3 Å². The zero-order chi connectivity index (χ0) is 11.7. The molecule has 0 saturated heterocycles. The van der Waals surface area contributed by atoms with Crippen LogP contribution in [0.25, 0.3) is 0 Å². The number of hydrogen-bond donors (Lipinski definition) is 1. The maximum atomic E-state index is 5.81. The fourth-order valence-corrected chi connectivity index (χ4v) is 2.41. The Kier molecular flexibility index (Phi) is 2.87. The van der Waals surface area contributed by atoms with Crippen molar-refractivity contribution < 1.29 is 4.74 Å². The standard InChI is InChI=1S/C14H12BrNO/c15-12-6-3-5-10(8-12)14-16-13-7-2-1-4-11(13)9-17-14/h1-8,14,16H,9H2/t14-/m0/s1. The first-order valence-corrected chi connectivity index (χ1v) is 6.34. The molecule has 0 bridgehead atoms. The van der Waals surface area contributed by atoms with Crippen molar-refractivity contribution in [2.75, 3.05) is 5.32 Å². The second-order valence-corrected chi connectivity index (χ2v) is 4.96.